The van der Waals surface area contributed by atoms with Gasteiger partial charge in [0.1, 0.15) is 23.0 Å². The minimum absolute atomic E-state index is 0.229. The van der Waals surface area contributed by atoms with Crippen LogP contribution in [0, 0.1) is 19.7 Å². The number of H-pyrrole nitrogens is 1. The second-order valence-electron chi connectivity index (χ2n) is 7.97. The first-order chi connectivity index (χ1) is 15.5. The fourth-order valence-corrected chi connectivity index (χ4v) is 3.93. The molecule has 3 aromatic rings. The molecule has 160 valence electrons. The van der Waals surface area contributed by atoms with Crippen LogP contribution >= 0.6 is 0 Å². The average Bonchev–Trinajstić information content (AvgIpc) is 3.27. The average molecular weight is 427 g/mol. The molecule has 0 saturated heterocycles. The molecule has 0 spiro atoms. The number of imidazole rings is 1. The summed E-state index contributed by atoms with van der Waals surface area (Å²) in [5.74, 6) is 1.71. The first kappa shape index (κ1) is 20.0. The summed E-state index contributed by atoms with van der Waals surface area (Å²) in [5, 5.41) is 0. The molecule has 5 nitrogen and oxygen atoms in total. The van der Waals surface area contributed by atoms with Crippen LogP contribution in [0.1, 0.15) is 34.0 Å². The van der Waals surface area contributed by atoms with Crippen molar-refractivity contribution in [2.45, 2.75) is 26.7 Å². The van der Waals surface area contributed by atoms with Gasteiger partial charge in [-0.3, -0.25) is 9.36 Å². The molecular formula is C26H22FN3O2. The Morgan fingerprint density at radius 2 is 1.78 bits per heavy atom. The normalized spacial score (nSPS) is 11.3. The van der Waals surface area contributed by atoms with Crippen molar-refractivity contribution in [1.82, 2.24) is 14.5 Å². The molecule has 0 fully saturated rings. The predicted molar refractivity (Wildman–Crippen MR) is 121 cm³/mol. The Morgan fingerprint density at radius 1 is 1.03 bits per heavy atom. The van der Waals surface area contributed by atoms with Crippen LogP contribution in [-0.4, -0.2) is 14.5 Å². The van der Waals surface area contributed by atoms with Gasteiger partial charge in [0, 0.05) is 18.2 Å². The molecule has 0 saturated carbocycles. The van der Waals surface area contributed by atoms with Crippen LogP contribution in [0.3, 0.4) is 0 Å². The van der Waals surface area contributed by atoms with E-state index in [1.165, 1.54) is 10.6 Å². The Hall–Kier alpha value is -3.93. The fraction of sp³-hybridized carbons (Fsp3) is 0.154. The zero-order valence-corrected chi connectivity index (χ0v) is 17.9. The van der Waals surface area contributed by atoms with Crippen molar-refractivity contribution in [2.24, 2.45) is 0 Å². The Kier molecular flexibility index (Phi) is 4.98. The molecule has 1 aromatic heterocycles. The Morgan fingerprint density at radius 3 is 2.50 bits per heavy atom. The Balaban J connectivity index is 1.66. The molecule has 0 atom stereocenters. The summed E-state index contributed by atoms with van der Waals surface area (Å²) in [6.07, 6.45) is 2.45. The molecule has 0 bridgehead atoms. The van der Waals surface area contributed by atoms with E-state index in [1.54, 1.807) is 24.4 Å². The number of halogens is 1. The summed E-state index contributed by atoms with van der Waals surface area (Å²) in [5.41, 5.74) is 3.93. The van der Waals surface area contributed by atoms with Crippen LogP contribution in [0.5, 0.6) is 0 Å². The molecular weight excluding hydrogens is 405 g/mol. The summed E-state index contributed by atoms with van der Waals surface area (Å²) >= 11 is 0. The van der Waals surface area contributed by atoms with Crippen LogP contribution in [0.15, 0.2) is 76.1 Å². The van der Waals surface area contributed by atoms with E-state index in [1.807, 2.05) is 50.2 Å². The summed E-state index contributed by atoms with van der Waals surface area (Å²) in [7, 11) is 0. The standard InChI is InChI=1S/C26H22FN3O2/c1-16-12-19(32-17(16)2)14-23-26(31)30-15-24(20-10-6-7-11-21(20)27)28-22(25(30)29-23)13-18-8-4-3-5-9-18/h3-12,15,28H,13-14H2,1-2H3. The third kappa shape index (κ3) is 3.64. The number of aryl methyl sites for hydroxylation is 2. The van der Waals surface area contributed by atoms with E-state index in [0.29, 0.717) is 41.4 Å². The molecule has 0 aliphatic carbocycles. The Bertz CT molecular complexity index is 1410. The van der Waals surface area contributed by atoms with Crippen molar-refractivity contribution in [2.75, 3.05) is 0 Å². The van der Waals surface area contributed by atoms with Gasteiger partial charge in [-0.15, -0.1) is 0 Å². The van der Waals surface area contributed by atoms with Gasteiger partial charge in [-0.2, -0.15) is 0 Å². The van der Waals surface area contributed by atoms with Crippen molar-refractivity contribution < 1.29 is 8.81 Å². The summed E-state index contributed by atoms with van der Waals surface area (Å²) in [6.45, 7) is 3.87. The van der Waals surface area contributed by atoms with Crippen LogP contribution in [-0.2, 0) is 12.8 Å². The molecule has 6 heteroatoms. The van der Waals surface area contributed by atoms with E-state index in [4.69, 9.17) is 4.42 Å². The molecule has 5 rings (SSSR count). The number of aromatic nitrogens is 3. The van der Waals surface area contributed by atoms with Gasteiger partial charge < -0.3 is 9.40 Å². The zero-order chi connectivity index (χ0) is 22.2. The quantitative estimate of drug-likeness (QED) is 0.420. The number of nitrogens with zero attached hydrogens (tertiary/aromatic N) is 2. The number of rotatable bonds is 5. The lowest BCUT2D eigenvalue weighted by Gasteiger charge is -2.13. The van der Waals surface area contributed by atoms with Gasteiger partial charge in [0.2, 0.25) is 0 Å². The molecule has 1 N–H and O–H groups in total. The minimum atomic E-state index is -0.358. The van der Waals surface area contributed by atoms with Crippen molar-refractivity contribution in [3.05, 3.63) is 117 Å². The molecule has 2 aromatic carbocycles. The number of furan rings is 1. The number of fused-ring (bicyclic) bond motifs is 1. The van der Waals surface area contributed by atoms with Gasteiger partial charge >= 0.3 is 0 Å². The number of aromatic amines is 1. The first-order valence-corrected chi connectivity index (χ1v) is 10.5. The van der Waals surface area contributed by atoms with Crippen molar-refractivity contribution in [3.63, 3.8) is 0 Å². The van der Waals surface area contributed by atoms with Gasteiger partial charge in [-0.05, 0) is 43.2 Å². The van der Waals surface area contributed by atoms with Gasteiger partial charge in [-0.1, -0.05) is 42.5 Å². The number of hydrogen-bond acceptors (Lipinski definition) is 3. The smallest absolute Gasteiger partial charge is 0.278 e. The summed E-state index contributed by atoms with van der Waals surface area (Å²) < 4.78 is 21.8. The second-order valence-corrected chi connectivity index (χ2v) is 7.97. The van der Waals surface area contributed by atoms with Crippen LogP contribution < -0.4 is 5.56 Å². The molecule has 3 heterocycles. The van der Waals surface area contributed by atoms with Crippen LogP contribution in [0.2, 0.25) is 0 Å². The number of hydrogen-bond donors (Lipinski definition) is 1. The minimum Gasteiger partial charge on any atom is -0.466 e. The topological polar surface area (TPSA) is 63.8 Å². The lowest BCUT2D eigenvalue weighted by atomic mass is 10.1. The van der Waals surface area contributed by atoms with Gasteiger partial charge in [-0.25, -0.2) is 9.37 Å². The second kappa shape index (κ2) is 7.96. The van der Waals surface area contributed by atoms with Gasteiger partial charge in [0.05, 0.1) is 17.8 Å². The molecule has 2 aliphatic heterocycles. The van der Waals surface area contributed by atoms with E-state index in [-0.39, 0.29) is 11.4 Å². The third-order valence-electron chi connectivity index (χ3n) is 5.69. The number of benzene rings is 2. The van der Waals surface area contributed by atoms with Crippen molar-refractivity contribution in [3.8, 4) is 17.1 Å². The SMILES string of the molecule is Cc1cc(Cc2nc3c(Cc4ccccc4)[nH]c(-c4ccccc4F)cn-3c2=O)oc1C. The highest BCUT2D eigenvalue weighted by Gasteiger charge is 2.22. The molecule has 0 amide bonds. The highest BCUT2D eigenvalue weighted by Crippen LogP contribution is 2.26. The maximum atomic E-state index is 14.5. The molecule has 2 aliphatic rings. The summed E-state index contributed by atoms with van der Waals surface area (Å²) in [6, 6.07) is 18.3. The molecule has 32 heavy (non-hydrogen) atoms. The van der Waals surface area contributed by atoms with E-state index < -0.39 is 0 Å². The lowest BCUT2D eigenvalue weighted by Crippen LogP contribution is -2.18. The van der Waals surface area contributed by atoms with Crippen LogP contribution in [0.25, 0.3) is 17.1 Å². The largest absolute Gasteiger partial charge is 0.466 e. The summed E-state index contributed by atoms with van der Waals surface area (Å²) in [4.78, 5) is 21.2. The van der Waals surface area contributed by atoms with Crippen molar-refractivity contribution >= 4 is 0 Å². The molecule has 0 unspecified atom stereocenters. The highest BCUT2D eigenvalue weighted by molar-refractivity contribution is 5.61. The Labute approximate surface area is 184 Å². The number of nitrogens with one attached hydrogen (secondary N) is 1. The van der Waals surface area contributed by atoms with Crippen LogP contribution in [0.4, 0.5) is 4.39 Å². The van der Waals surface area contributed by atoms with Gasteiger partial charge in [0.15, 0.2) is 5.82 Å². The van der Waals surface area contributed by atoms with E-state index in [2.05, 4.69) is 9.97 Å². The first-order valence-electron chi connectivity index (χ1n) is 10.5. The van der Waals surface area contributed by atoms with E-state index in [0.717, 1.165) is 22.6 Å². The zero-order valence-electron chi connectivity index (χ0n) is 17.9. The maximum Gasteiger partial charge on any atom is 0.278 e. The molecule has 0 radical (unpaired) electrons. The lowest BCUT2D eigenvalue weighted by molar-refractivity contribution is 0.489. The van der Waals surface area contributed by atoms with Gasteiger partial charge in [0.25, 0.3) is 5.56 Å². The van der Waals surface area contributed by atoms with E-state index in [9.17, 15) is 9.18 Å². The maximum absolute atomic E-state index is 14.5. The van der Waals surface area contributed by atoms with E-state index >= 15 is 0 Å². The third-order valence-corrected chi connectivity index (χ3v) is 5.69. The van der Waals surface area contributed by atoms with Crippen molar-refractivity contribution in [1.29, 1.82) is 0 Å². The monoisotopic (exact) mass is 427 g/mol. The fourth-order valence-electron chi connectivity index (χ4n) is 3.93. The predicted octanol–water partition coefficient (Wildman–Crippen LogP) is 5.20. The highest BCUT2D eigenvalue weighted by atomic mass is 19.1.